The minimum Gasteiger partial charge on any atom is -0.338 e. The van der Waals surface area contributed by atoms with Crippen LogP contribution in [0.4, 0.5) is 19.0 Å². The van der Waals surface area contributed by atoms with Crippen LogP contribution in [0.15, 0.2) is 63.4 Å². The lowest BCUT2D eigenvalue weighted by atomic mass is 10.1. The van der Waals surface area contributed by atoms with Gasteiger partial charge in [-0.05, 0) is 50.2 Å². The summed E-state index contributed by atoms with van der Waals surface area (Å²) in [5, 5.41) is 3.46. The van der Waals surface area contributed by atoms with Crippen LogP contribution in [0, 0.1) is 0 Å². The fourth-order valence-corrected chi connectivity index (χ4v) is 6.68. The monoisotopic (exact) mass is 581 g/mol. The molecule has 2 heterocycles. The Morgan fingerprint density at radius 1 is 1.00 bits per heavy atom. The molecular formula is C22H20Cl2F3N3O4S2. The van der Waals surface area contributed by atoms with E-state index in [2.05, 4.69) is 5.10 Å². The first-order chi connectivity index (χ1) is 16.7. The highest BCUT2D eigenvalue weighted by molar-refractivity contribution is 7.92. The number of rotatable bonds is 5. The number of aromatic nitrogens is 2. The summed E-state index contributed by atoms with van der Waals surface area (Å²) in [6, 6.07) is 6.77. The highest BCUT2D eigenvalue weighted by atomic mass is 35.5. The van der Waals surface area contributed by atoms with Crippen LogP contribution in [0.3, 0.4) is 0 Å². The highest BCUT2D eigenvalue weighted by Crippen LogP contribution is 2.41. The van der Waals surface area contributed by atoms with Crippen LogP contribution in [0.2, 0.25) is 5.02 Å². The Labute approximate surface area is 216 Å². The van der Waals surface area contributed by atoms with Gasteiger partial charge in [-0.2, -0.15) is 25.7 Å². The van der Waals surface area contributed by atoms with E-state index in [-0.39, 0.29) is 43.1 Å². The van der Waals surface area contributed by atoms with Gasteiger partial charge in [-0.1, -0.05) is 35.3 Å². The number of alkyl halides is 3. The molecule has 7 nitrogen and oxygen atoms in total. The lowest BCUT2D eigenvalue weighted by Crippen LogP contribution is -2.48. The fraction of sp³-hybridized carbons (Fsp3) is 0.318. The summed E-state index contributed by atoms with van der Waals surface area (Å²) in [4.78, 5) is 0.565. The number of hydrogen-bond acceptors (Lipinski definition) is 6. The number of nitrogens with zero attached hydrogens (tertiary/aromatic N) is 3. The Kier molecular flexibility index (Phi) is 6.87. The summed E-state index contributed by atoms with van der Waals surface area (Å²) < 4.78 is 94.1. The molecule has 0 saturated carbocycles. The normalized spacial score (nSPS) is 17.6. The van der Waals surface area contributed by atoms with Gasteiger partial charge < -0.3 is 4.90 Å². The van der Waals surface area contributed by atoms with Crippen molar-refractivity contribution < 1.29 is 30.0 Å². The first kappa shape index (κ1) is 26.8. The van der Waals surface area contributed by atoms with Crippen LogP contribution in [-0.2, 0) is 19.9 Å². The number of fused-ring (bicyclic) bond motifs is 1. The van der Waals surface area contributed by atoms with Crippen molar-refractivity contribution in [1.82, 2.24) is 9.19 Å². The van der Waals surface area contributed by atoms with Gasteiger partial charge in [0.05, 0.1) is 31.0 Å². The molecule has 1 aliphatic rings. The van der Waals surface area contributed by atoms with Gasteiger partial charge in [-0.25, -0.2) is 8.42 Å². The highest BCUT2D eigenvalue weighted by Gasteiger charge is 2.46. The molecule has 0 N–H and O–H groups in total. The number of anilines is 1. The van der Waals surface area contributed by atoms with Crippen molar-refractivity contribution in [2.45, 2.75) is 47.5 Å². The summed E-state index contributed by atoms with van der Waals surface area (Å²) in [6.07, 6.45) is -3.81. The van der Waals surface area contributed by atoms with E-state index < -0.39 is 43.7 Å². The van der Waals surface area contributed by atoms with Gasteiger partial charge in [0.2, 0.25) is 0 Å². The van der Waals surface area contributed by atoms with Crippen molar-refractivity contribution in [3.05, 3.63) is 58.6 Å². The van der Waals surface area contributed by atoms with Crippen LogP contribution in [0.5, 0.6) is 0 Å². The zero-order chi connectivity index (χ0) is 26.6. The van der Waals surface area contributed by atoms with Gasteiger partial charge in [0, 0.05) is 18.0 Å². The Morgan fingerprint density at radius 3 is 2.19 bits per heavy atom. The SMILES string of the molecule is CC(C)S(=O)(=O)c1ccc(S(=O)(=O)n2nc(N3CC=C(Cl)C[C@H]3C(F)(F)F)c3c(Cl)cccc32)cc1. The molecule has 36 heavy (non-hydrogen) atoms. The molecule has 1 aliphatic heterocycles. The predicted molar refractivity (Wildman–Crippen MR) is 132 cm³/mol. The van der Waals surface area contributed by atoms with Crippen LogP contribution in [0.25, 0.3) is 10.9 Å². The van der Waals surface area contributed by atoms with Gasteiger partial charge >= 0.3 is 6.18 Å². The summed E-state index contributed by atoms with van der Waals surface area (Å²) in [5.74, 6) is -0.263. The molecular weight excluding hydrogens is 562 g/mol. The molecule has 0 spiro atoms. The van der Waals surface area contributed by atoms with Crippen LogP contribution < -0.4 is 4.90 Å². The van der Waals surface area contributed by atoms with Crippen LogP contribution >= 0.6 is 23.2 Å². The third kappa shape index (κ3) is 4.59. The third-order valence-corrected chi connectivity index (χ3v) is 10.2. The van der Waals surface area contributed by atoms with Crippen molar-refractivity contribution in [2.75, 3.05) is 11.4 Å². The molecule has 194 valence electrons. The Balaban J connectivity index is 1.89. The average Bonchev–Trinajstić information content (AvgIpc) is 3.20. The Bertz CT molecular complexity index is 1570. The molecule has 2 aromatic carbocycles. The summed E-state index contributed by atoms with van der Waals surface area (Å²) in [5.41, 5.74) is -0.0297. The molecule has 0 amide bonds. The van der Waals surface area contributed by atoms with Crippen LogP contribution in [-0.4, -0.2) is 50.0 Å². The second kappa shape index (κ2) is 9.23. The first-order valence-corrected chi connectivity index (χ1v) is 14.3. The largest absolute Gasteiger partial charge is 0.409 e. The molecule has 0 fully saturated rings. The summed E-state index contributed by atoms with van der Waals surface area (Å²) in [6.45, 7) is 2.73. The van der Waals surface area contributed by atoms with E-state index >= 15 is 0 Å². The molecule has 0 aliphatic carbocycles. The van der Waals surface area contributed by atoms with E-state index in [1.807, 2.05) is 0 Å². The maximum atomic E-state index is 13.9. The van der Waals surface area contributed by atoms with E-state index in [4.69, 9.17) is 23.2 Å². The zero-order valence-electron chi connectivity index (χ0n) is 18.9. The van der Waals surface area contributed by atoms with Crippen molar-refractivity contribution in [3.63, 3.8) is 0 Å². The van der Waals surface area contributed by atoms with Gasteiger partial charge in [0.1, 0.15) is 6.04 Å². The lowest BCUT2D eigenvalue weighted by molar-refractivity contribution is -0.148. The van der Waals surface area contributed by atoms with Crippen molar-refractivity contribution >= 4 is 59.8 Å². The molecule has 0 bridgehead atoms. The first-order valence-electron chi connectivity index (χ1n) is 10.6. The molecule has 4 rings (SSSR count). The zero-order valence-corrected chi connectivity index (χ0v) is 22.0. The second-order valence-electron chi connectivity index (χ2n) is 8.44. The number of benzene rings is 2. The molecule has 1 aromatic heterocycles. The minimum atomic E-state index is -4.68. The standard InChI is InChI=1S/C22H20Cl2F3N3O4S2/c1-13(2)35(31,32)15-6-8-16(9-7-15)36(33,34)30-18-5-3-4-17(24)20(18)21(28-30)29-11-10-14(23)12-19(29)22(25,26)27/h3-10,13,19H,11-12H2,1-2H3/t19-/m0/s1. The van der Waals surface area contributed by atoms with Gasteiger partial charge in [0.15, 0.2) is 15.7 Å². The Hall–Kier alpha value is -2.28. The van der Waals surface area contributed by atoms with Gasteiger partial charge in [0.25, 0.3) is 10.0 Å². The van der Waals surface area contributed by atoms with E-state index in [0.717, 1.165) is 17.0 Å². The Morgan fingerprint density at radius 2 is 1.61 bits per heavy atom. The summed E-state index contributed by atoms with van der Waals surface area (Å²) >= 11 is 12.2. The average molecular weight is 582 g/mol. The van der Waals surface area contributed by atoms with Crippen molar-refractivity contribution in [2.24, 2.45) is 0 Å². The molecule has 1 atom stereocenters. The molecule has 0 radical (unpaired) electrons. The topological polar surface area (TPSA) is 89.3 Å². The smallest absolute Gasteiger partial charge is 0.338 e. The predicted octanol–water partition coefficient (Wildman–Crippen LogP) is 5.37. The van der Waals surface area contributed by atoms with Crippen molar-refractivity contribution in [3.8, 4) is 0 Å². The van der Waals surface area contributed by atoms with E-state index in [1.165, 1.54) is 50.3 Å². The minimum absolute atomic E-state index is 0.0175. The molecule has 3 aromatic rings. The number of hydrogen-bond donors (Lipinski definition) is 0. The molecule has 14 heteroatoms. The van der Waals surface area contributed by atoms with E-state index in [1.54, 1.807) is 0 Å². The van der Waals surface area contributed by atoms with Crippen LogP contribution in [0.1, 0.15) is 20.3 Å². The quantitative estimate of drug-likeness (QED) is 0.402. The van der Waals surface area contributed by atoms with Crippen molar-refractivity contribution in [1.29, 1.82) is 0 Å². The maximum absolute atomic E-state index is 13.9. The fourth-order valence-electron chi connectivity index (χ4n) is 3.87. The van der Waals surface area contributed by atoms with Gasteiger partial charge in [-0.15, -0.1) is 5.10 Å². The second-order valence-corrected chi connectivity index (χ2v) is 13.6. The molecule has 0 saturated heterocycles. The number of halogens is 5. The molecule has 0 unspecified atom stereocenters. The summed E-state index contributed by atoms with van der Waals surface area (Å²) in [7, 11) is -8.09. The van der Waals surface area contributed by atoms with E-state index in [9.17, 15) is 30.0 Å². The number of sulfone groups is 1. The maximum Gasteiger partial charge on any atom is 0.409 e. The third-order valence-electron chi connectivity index (χ3n) is 5.83. The lowest BCUT2D eigenvalue weighted by Gasteiger charge is -2.35. The van der Waals surface area contributed by atoms with Gasteiger partial charge in [-0.3, -0.25) is 0 Å². The van der Waals surface area contributed by atoms with E-state index in [0.29, 0.717) is 4.09 Å².